The van der Waals surface area contributed by atoms with Crippen LogP contribution in [0.1, 0.15) is 19.8 Å². The Morgan fingerprint density at radius 3 is 3.00 bits per heavy atom. The van der Waals surface area contributed by atoms with Gasteiger partial charge in [-0.3, -0.25) is 0 Å². The summed E-state index contributed by atoms with van der Waals surface area (Å²) in [4.78, 5) is 0. The third-order valence-corrected chi connectivity index (χ3v) is 1.82. The first-order chi connectivity index (χ1) is 5.33. The molecule has 0 nitrogen and oxygen atoms in total. The van der Waals surface area contributed by atoms with Crippen LogP contribution in [0.15, 0.2) is 48.1 Å². The first kappa shape index (κ1) is 8.06. The van der Waals surface area contributed by atoms with Gasteiger partial charge in [0, 0.05) is 0 Å². The van der Waals surface area contributed by atoms with Crippen molar-refractivity contribution in [1.82, 2.24) is 0 Å². The Hall–Kier alpha value is -1.04. The van der Waals surface area contributed by atoms with Crippen molar-refractivity contribution < 1.29 is 0 Å². The standard InChI is InChI=1S/C11H14/c1-3-11-8-4-6-10(2)7-5-9-11/h3-4,6-7,9H,1,5,8H2,2H3. The van der Waals surface area contributed by atoms with Gasteiger partial charge in [-0.2, -0.15) is 0 Å². The fraction of sp³-hybridized carbons (Fsp3) is 0.273. The first-order valence-corrected chi connectivity index (χ1v) is 3.97. The lowest BCUT2D eigenvalue weighted by molar-refractivity contribution is 1.19. The molecule has 0 amide bonds. The number of rotatable bonds is 1. The Labute approximate surface area is 68.6 Å². The molecular weight excluding hydrogens is 132 g/mol. The van der Waals surface area contributed by atoms with Crippen molar-refractivity contribution in [2.75, 3.05) is 0 Å². The molecule has 0 bridgehead atoms. The molecule has 0 aromatic heterocycles. The molecule has 1 rings (SSSR count). The number of hydrogen-bond donors (Lipinski definition) is 0. The summed E-state index contributed by atoms with van der Waals surface area (Å²) in [6, 6.07) is 0. The highest BCUT2D eigenvalue weighted by Gasteiger charge is 1.90. The third kappa shape index (κ3) is 2.58. The van der Waals surface area contributed by atoms with Crippen LogP contribution >= 0.6 is 0 Å². The molecule has 11 heavy (non-hydrogen) atoms. The van der Waals surface area contributed by atoms with Gasteiger partial charge >= 0.3 is 0 Å². The summed E-state index contributed by atoms with van der Waals surface area (Å²) in [7, 11) is 0. The Balaban J connectivity index is 2.74. The predicted octanol–water partition coefficient (Wildman–Crippen LogP) is 3.40. The normalized spacial score (nSPS) is 17.9. The minimum absolute atomic E-state index is 1.02. The van der Waals surface area contributed by atoms with Crippen LogP contribution in [0.25, 0.3) is 0 Å². The first-order valence-electron chi connectivity index (χ1n) is 3.97. The Kier molecular flexibility index (Phi) is 2.91. The van der Waals surface area contributed by atoms with Crippen molar-refractivity contribution in [3.8, 4) is 0 Å². The summed E-state index contributed by atoms with van der Waals surface area (Å²) in [6.07, 6.45) is 12.8. The molecule has 0 saturated carbocycles. The maximum Gasteiger partial charge on any atom is -0.00975 e. The van der Waals surface area contributed by atoms with Gasteiger partial charge in [0.05, 0.1) is 0 Å². The van der Waals surface area contributed by atoms with E-state index in [4.69, 9.17) is 0 Å². The van der Waals surface area contributed by atoms with E-state index >= 15 is 0 Å². The average molecular weight is 146 g/mol. The zero-order chi connectivity index (χ0) is 8.10. The van der Waals surface area contributed by atoms with Crippen molar-refractivity contribution in [2.24, 2.45) is 0 Å². The second kappa shape index (κ2) is 3.97. The highest BCUT2D eigenvalue weighted by atomic mass is 14.0. The lowest BCUT2D eigenvalue weighted by atomic mass is 10.1. The summed E-state index contributed by atoms with van der Waals surface area (Å²) in [6.45, 7) is 5.88. The minimum atomic E-state index is 1.02. The zero-order valence-electron chi connectivity index (χ0n) is 7.01. The van der Waals surface area contributed by atoms with Crippen LogP contribution in [0.4, 0.5) is 0 Å². The molecule has 0 atom stereocenters. The number of hydrogen-bond acceptors (Lipinski definition) is 0. The van der Waals surface area contributed by atoms with Crippen molar-refractivity contribution in [1.29, 1.82) is 0 Å². The van der Waals surface area contributed by atoms with E-state index in [9.17, 15) is 0 Å². The molecule has 0 unspecified atom stereocenters. The van der Waals surface area contributed by atoms with Crippen molar-refractivity contribution in [3.63, 3.8) is 0 Å². The van der Waals surface area contributed by atoms with Gasteiger partial charge in [-0.15, -0.1) is 0 Å². The highest BCUT2D eigenvalue weighted by molar-refractivity contribution is 5.27. The molecule has 0 aromatic rings. The van der Waals surface area contributed by atoms with Crippen LogP contribution in [-0.2, 0) is 0 Å². The van der Waals surface area contributed by atoms with Crippen LogP contribution in [-0.4, -0.2) is 0 Å². The Bertz CT molecular complexity index is 226. The summed E-state index contributed by atoms with van der Waals surface area (Å²) < 4.78 is 0. The Morgan fingerprint density at radius 2 is 2.27 bits per heavy atom. The molecule has 0 radical (unpaired) electrons. The Morgan fingerprint density at radius 1 is 1.45 bits per heavy atom. The lowest BCUT2D eigenvalue weighted by Gasteiger charge is -2.00. The fourth-order valence-electron chi connectivity index (χ4n) is 1.10. The summed E-state index contributed by atoms with van der Waals surface area (Å²) in [5.74, 6) is 0. The second-order valence-corrected chi connectivity index (χ2v) is 2.77. The van der Waals surface area contributed by atoms with Crippen LogP contribution in [0, 0.1) is 0 Å². The monoisotopic (exact) mass is 146 g/mol. The van der Waals surface area contributed by atoms with Gasteiger partial charge in [0.2, 0.25) is 0 Å². The van der Waals surface area contributed by atoms with Crippen molar-refractivity contribution in [3.05, 3.63) is 48.1 Å². The van der Waals surface area contributed by atoms with E-state index in [1.165, 1.54) is 11.1 Å². The van der Waals surface area contributed by atoms with Gasteiger partial charge in [-0.05, 0) is 25.3 Å². The quantitative estimate of drug-likeness (QED) is 0.532. The van der Waals surface area contributed by atoms with Crippen molar-refractivity contribution >= 4 is 0 Å². The van der Waals surface area contributed by atoms with E-state index in [0.717, 1.165) is 12.8 Å². The molecule has 0 aromatic carbocycles. The molecule has 0 heterocycles. The summed E-state index contributed by atoms with van der Waals surface area (Å²) in [5.41, 5.74) is 2.68. The molecular formula is C11H14. The maximum atomic E-state index is 3.75. The molecule has 0 fully saturated rings. The highest BCUT2D eigenvalue weighted by Crippen LogP contribution is 2.11. The summed E-state index contributed by atoms with van der Waals surface area (Å²) >= 11 is 0. The van der Waals surface area contributed by atoms with Gasteiger partial charge in [-0.25, -0.2) is 0 Å². The van der Waals surface area contributed by atoms with Crippen molar-refractivity contribution in [2.45, 2.75) is 19.8 Å². The molecule has 0 aliphatic heterocycles. The second-order valence-electron chi connectivity index (χ2n) is 2.77. The van der Waals surface area contributed by atoms with Crippen LogP contribution in [0.5, 0.6) is 0 Å². The van der Waals surface area contributed by atoms with Gasteiger partial charge < -0.3 is 0 Å². The van der Waals surface area contributed by atoms with E-state index in [1.807, 2.05) is 6.08 Å². The minimum Gasteiger partial charge on any atom is -0.0988 e. The SMILES string of the molecule is C=CC1=CCC=C(C)C=CC1. The predicted molar refractivity (Wildman–Crippen MR) is 50.4 cm³/mol. The lowest BCUT2D eigenvalue weighted by Crippen LogP contribution is -1.79. The van der Waals surface area contributed by atoms with E-state index in [1.54, 1.807) is 0 Å². The van der Waals surface area contributed by atoms with E-state index < -0.39 is 0 Å². The van der Waals surface area contributed by atoms with Gasteiger partial charge in [0.15, 0.2) is 0 Å². The van der Waals surface area contributed by atoms with Crippen LogP contribution in [0.3, 0.4) is 0 Å². The molecule has 1 aliphatic rings. The topological polar surface area (TPSA) is 0 Å². The molecule has 0 spiro atoms. The van der Waals surface area contributed by atoms with Gasteiger partial charge in [-0.1, -0.05) is 42.5 Å². The molecule has 1 aliphatic carbocycles. The molecule has 0 heteroatoms. The zero-order valence-corrected chi connectivity index (χ0v) is 7.01. The molecule has 0 saturated heterocycles. The maximum absolute atomic E-state index is 3.75. The largest absolute Gasteiger partial charge is 0.0988 e. The van der Waals surface area contributed by atoms with E-state index in [0.29, 0.717) is 0 Å². The third-order valence-electron chi connectivity index (χ3n) is 1.82. The van der Waals surface area contributed by atoms with E-state index in [2.05, 4.69) is 37.8 Å². The molecule has 58 valence electrons. The van der Waals surface area contributed by atoms with Gasteiger partial charge in [0.1, 0.15) is 0 Å². The van der Waals surface area contributed by atoms with Crippen LogP contribution in [0.2, 0.25) is 0 Å². The average Bonchev–Trinajstić information content (AvgIpc) is 1.96. The number of allylic oxidation sites excluding steroid dienone is 7. The van der Waals surface area contributed by atoms with Gasteiger partial charge in [0.25, 0.3) is 0 Å². The fourth-order valence-corrected chi connectivity index (χ4v) is 1.10. The van der Waals surface area contributed by atoms with E-state index in [-0.39, 0.29) is 0 Å². The smallest absolute Gasteiger partial charge is 0.00975 e. The summed E-state index contributed by atoms with van der Waals surface area (Å²) in [5, 5.41) is 0. The molecule has 0 N–H and O–H groups in total. The van der Waals surface area contributed by atoms with Crippen LogP contribution < -0.4 is 0 Å².